The van der Waals surface area contributed by atoms with E-state index in [0.29, 0.717) is 0 Å². The quantitative estimate of drug-likeness (QED) is 0.838. The van der Waals surface area contributed by atoms with Gasteiger partial charge >= 0.3 is 6.18 Å². The summed E-state index contributed by atoms with van der Waals surface area (Å²) in [5.74, 6) is 0. The highest BCUT2D eigenvalue weighted by Crippen LogP contribution is 2.45. The van der Waals surface area contributed by atoms with Gasteiger partial charge in [0.1, 0.15) is 0 Å². The molecule has 0 aromatic heterocycles. The molecule has 0 amide bonds. The molecule has 1 nitrogen and oxygen atoms in total. The topological polar surface area (TPSA) is 12.0 Å². The van der Waals surface area contributed by atoms with Crippen molar-refractivity contribution in [1.82, 2.24) is 5.32 Å². The van der Waals surface area contributed by atoms with E-state index in [1.54, 1.807) is 0 Å². The van der Waals surface area contributed by atoms with Gasteiger partial charge < -0.3 is 5.32 Å². The van der Waals surface area contributed by atoms with Crippen LogP contribution < -0.4 is 5.32 Å². The van der Waals surface area contributed by atoms with Crippen molar-refractivity contribution in [2.75, 3.05) is 6.54 Å². The van der Waals surface area contributed by atoms with Crippen molar-refractivity contribution in [2.45, 2.75) is 32.5 Å². The second-order valence-electron chi connectivity index (χ2n) is 5.29. The van der Waals surface area contributed by atoms with Gasteiger partial charge in [0.25, 0.3) is 0 Å². The Balaban J connectivity index is 2.20. The molecule has 1 aromatic carbocycles. The molecule has 1 N–H and O–H groups in total. The van der Waals surface area contributed by atoms with Gasteiger partial charge in [-0.1, -0.05) is 38.1 Å². The van der Waals surface area contributed by atoms with Crippen LogP contribution in [0.15, 0.2) is 24.3 Å². The summed E-state index contributed by atoms with van der Waals surface area (Å²) < 4.78 is 36.8. The van der Waals surface area contributed by atoms with E-state index in [4.69, 9.17) is 0 Å². The average molecular weight is 243 g/mol. The molecule has 0 radical (unpaired) electrons. The summed E-state index contributed by atoms with van der Waals surface area (Å²) in [6.07, 6.45) is -3.34. The lowest BCUT2D eigenvalue weighted by molar-refractivity contribution is -0.127. The van der Waals surface area contributed by atoms with E-state index >= 15 is 0 Å². The van der Waals surface area contributed by atoms with Gasteiger partial charge in [-0.3, -0.25) is 0 Å². The molecular weight excluding hydrogens is 227 g/mol. The van der Waals surface area contributed by atoms with E-state index < -0.39 is 12.7 Å². The van der Waals surface area contributed by atoms with Crippen LogP contribution in [0.5, 0.6) is 0 Å². The summed E-state index contributed by atoms with van der Waals surface area (Å²) in [7, 11) is 0. The van der Waals surface area contributed by atoms with Crippen molar-refractivity contribution in [2.24, 2.45) is 5.41 Å². The normalized spacial score (nSPS) is 22.5. The van der Waals surface area contributed by atoms with Crippen molar-refractivity contribution >= 4 is 0 Å². The Kier molecular flexibility index (Phi) is 2.94. The summed E-state index contributed by atoms with van der Waals surface area (Å²) in [4.78, 5) is 0. The minimum atomic E-state index is -4.16. The van der Waals surface area contributed by atoms with Crippen molar-refractivity contribution in [3.8, 4) is 0 Å². The highest BCUT2D eigenvalue weighted by atomic mass is 19.4. The van der Waals surface area contributed by atoms with E-state index in [9.17, 15) is 13.2 Å². The maximum absolute atomic E-state index is 12.3. The lowest BCUT2D eigenvalue weighted by Gasteiger charge is -2.29. The summed E-state index contributed by atoms with van der Waals surface area (Å²) in [6, 6.07) is 7.49. The Morgan fingerprint density at radius 3 is 2.59 bits per heavy atom. The van der Waals surface area contributed by atoms with Crippen LogP contribution in [-0.2, 0) is 6.42 Å². The van der Waals surface area contributed by atoms with Gasteiger partial charge in [0.05, 0.1) is 6.54 Å². The van der Waals surface area contributed by atoms with Crippen LogP contribution in [0, 0.1) is 5.41 Å². The SMILES string of the molecule is CC1(C)Cc2ccccc2C1NCC(F)(F)F. The molecule has 0 saturated carbocycles. The summed E-state index contributed by atoms with van der Waals surface area (Å²) in [6.45, 7) is 3.07. The molecule has 17 heavy (non-hydrogen) atoms. The van der Waals surface area contributed by atoms with Gasteiger partial charge in [0.2, 0.25) is 0 Å². The minimum absolute atomic E-state index is 0.172. The summed E-state index contributed by atoms with van der Waals surface area (Å²) in [5, 5.41) is 2.64. The van der Waals surface area contributed by atoms with E-state index in [2.05, 4.69) is 5.32 Å². The van der Waals surface area contributed by atoms with E-state index in [1.165, 1.54) is 0 Å². The first-order chi connectivity index (χ1) is 7.80. The molecule has 0 aliphatic heterocycles. The van der Waals surface area contributed by atoms with Gasteiger partial charge in [0.15, 0.2) is 0 Å². The number of benzene rings is 1. The van der Waals surface area contributed by atoms with Crippen molar-refractivity contribution in [3.63, 3.8) is 0 Å². The molecule has 1 aliphatic rings. The van der Waals surface area contributed by atoms with Crippen molar-refractivity contribution in [1.29, 1.82) is 0 Å². The number of nitrogens with one attached hydrogen (secondary N) is 1. The standard InChI is InChI=1S/C13H16F3N/c1-12(2)7-9-5-3-4-6-10(9)11(12)17-8-13(14,15)16/h3-6,11,17H,7-8H2,1-2H3. The third kappa shape index (κ3) is 2.63. The van der Waals surface area contributed by atoms with Crippen LogP contribution >= 0.6 is 0 Å². The maximum Gasteiger partial charge on any atom is 0.401 e. The molecule has 94 valence electrons. The molecule has 4 heteroatoms. The molecule has 0 heterocycles. The van der Waals surface area contributed by atoms with Crippen LogP contribution in [0.2, 0.25) is 0 Å². The van der Waals surface area contributed by atoms with E-state index in [1.807, 2.05) is 38.1 Å². The second-order valence-corrected chi connectivity index (χ2v) is 5.29. The van der Waals surface area contributed by atoms with Crippen LogP contribution in [0.1, 0.15) is 31.0 Å². The number of hydrogen-bond donors (Lipinski definition) is 1. The van der Waals surface area contributed by atoms with Crippen LogP contribution in [-0.4, -0.2) is 12.7 Å². The summed E-state index contributed by atoms with van der Waals surface area (Å²) >= 11 is 0. The van der Waals surface area contributed by atoms with E-state index in [-0.39, 0.29) is 11.5 Å². The van der Waals surface area contributed by atoms with Gasteiger partial charge in [-0.25, -0.2) is 0 Å². The fourth-order valence-electron chi connectivity index (χ4n) is 2.59. The first-order valence-electron chi connectivity index (χ1n) is 5.67. The second kappa shape index (κ2) is 4.02. The Bertz CT molecular complexity index is 409. The van der Waals surface area contributed by atoms with E-state index in [0.717, 1.165) is 17.5 Å². The first kappa shape index (κ1) is 12.4. The van der Waals surface area contributed by atoms with Crippen LogP contribution in [0.3, 0.4) is 0 Å². The van der Waals surface area contributed by atoms with Crippen LogP contribution in [0.25, 0.3) is 0 Å². The van der Waals surface area contributed by atoms with Gasteiger partial charge in [-0.2, -0.15) is 13.2 Å². The smallest absolute Gasteiger partial charge is 0.301 e. The molecule has 1 unspecified atom stereocenters. The maximum atomic E-state index is 12.3. The zero-order valence-corrected chi connectivity index (χ0v) is 9.93. The molecule has 1 aromatic rings. The number of hydrogen-bond acceptors (Lipinski definition) is 1. The lowest BCUT2D eigenvalue weighted by Crippen LogP contribution is -2.37. The number of halogens is 3. The highest BCUT2D eigenvalue weighted by Gasteiger charge is 2.40. The number of alkyl halides is 3. The number of fused-ring (bicyclic) bond motifs is 1. The Morgan fingerprint density at radius 2 is 1.94 bits per heavy atom. The molecular formula is C13H16F3N. The minimum Gasteiger partial charge on any atom is -0.301 e. The first-order valence-corrected chi connectivity index (χ1v) is 5.67. The lowest BCUT2D eigenvalue weighted by atomic mass is 9.85. The summed E-state index contributed by atoms with van der Waals surface area (Å²) in [5.41, 5.74) is 1.98. The highest BCUT2D eigenvalue weighted by molar-refractivity contribution is 5.37. The molecule has 1 atom stereocenters. The monoisotopic (exact) mass is 243 g/mol. The molecule has 0 bridgehead atoms. The zero-order valence-electron chi connectivity index (χ0n) is 9.93. The Morgan fingerprint density at radius 1 is 1.29 bits per heavy atom. The Labute approximate surface area is 99.0 Å². The van der Waals surface area contributed by atoms with Gasteiger partial charge in [0, 0.05) is 6.04 Å². The molecule has 0 spiro atoms. The fourth-order valence-corrected chi connectivity index (χ4v) is 2.59. The predicted molar refractivity (Wildman–Crippen MR) is 60.7 cm³/mol. The number of rotatable bonds is 2. The molecule has 0 saturated heterocycles. The Hall–Kier alpha value is -1.03. The largest absolute Gasteiger partial charge is 0.401 e. The van der Waals surface area contributed by atoms with Crippen molar-refractivity contribution < 1.29 is 13.2 Å². The molecule has 2 rings (SSSR count). The fraction of sp³-hybridized carbons (Fsp3) is 0.538. The predicted octanol–water partition coefficient (Wildman–Crippen LogP) is 3.46. The third-order valence-electron chi connectivity index (χ3n) is 3.30. The third-order valence-corrected chi connectivity index (χ3v) is 3.30. The average Bonchev–Trinajstić information content (AvgIpc) is 2.43. The zero-order chi connectivity index (χ0) is 12.7. The van der Waals surface area contributed by atoms with Gasteiger partial charge in [-0.15, -0.1) is 0 Å². The van der Waals surface area contributed by atoms with Crippen LogP contribution in [0.4, 0.5) is 13.2 Å². The van der Waals surface area contributed by atoms with Gasteiger partial charge in [-0.05, 0) is 23.0 Å². The van der Waals surface area contributed by atoms with Crippen molar-refractivity contribution in [3.05, 3.63) is 35.4 Å². The molecule has 0 fully saturated rings. The molecule has 1 aliphatic carbocycles.